The van der Waals surface area contributed by atoms with Gasteiger partial charge in [0, 0.05) is 13.1 Å². The molecule has 116 valence electrons. The Morgan fingerprint density at radius 3 is 2.64 bits per heavy atom. The Labute approximate surface area is 128 Å². The zero-order valence-corrected chi connectivity index (χ0v) is 12.8. The lowest BCUT2D eigenvalue weighted by atomic mass is 10.0. The molecule has 0 aliphatic carbocycles. The number of rotatable bonds is 3. The van der Waals surface area contributed by atoms with E-state index in [1.165, 1.54) is 17.3 Å². The average Bonchev–Trinajstić information content (AvgIpc) is 3.09. The average molecular weight is 301 g/mol. The van der Waals surface area contributed by atoms with Gasteiger partial charge in [-0.15, -0.1) is 10.2 Å². The normalized spacial score (nSPS) is 16.6. The van der Waals surface area contributed by atoms with Gasteiger partial charge in [-0.25, -0.2) is 9.67 Å². The van der Waals surface area contributed by atoms with Gasteiger partial charge >= 0.3 is 0 Å². The Kier molecular flexibility index (Phi) is 4.10. The number of piperidine rings is 1. The van der Waals surface area contributed by atoms with Gasteiger partial charge in [0.05, 0.1) is 0 Å². The van der Waals surface area contributed by atoms with E-state index >= 15 is 0 Å². The molecule has 2 aromatic rings. The molecule has 0 aromatic carbocycles. The molecule has 0 unspecified atom stereocenters. The molecule has 0 atom stereocenters. The SMILES string of the molecule is CN1CCC(N(C)C(=O)c2ccc(-n3cncn3)nn2)CC1. The number of carbonyl (C=O) groups is 1. The van der Waals surface area contributed by atoms with Crippen molar-refractivity contribution in [2.45, 2.75) is 18.9 Å². The summed E-state index contributed by atoms with van der Waals surface area (Å²) >= 11 is 0. The van der Waals surface area contributed by atoms with Crippen molar-refractivity contribution in [3.05, 3.63) is 30.5 Å². The summed E-state index contributed by atoms with van der Waals surface area (Å²) in [6, 6.07) is 3.66. The summed E-state index contributed by atoms with van der Waals surface area (Å²) in [4.78, 5) is 20.4. The summed E-state index contributed by atoms with van der Waals surface area (Å²) in [7, 11) is 3.94. The van der Waals surface area contributed by atoms with Gasteiger partial charge in [-0.3, -0.25) is 4.79 Å². The molecule has 1 fully saturated rings. The van der Waals surface area contributed by atoms with Gasteiger partial charge in [-0.1, -0.05) is 0 Å². The molecular formula is C14H19N7O. The molecule has 0 spiro atoms. The van der Waals surface area contributed by atoms with Gasteiger partial charge in [-0.05, 0) is 45.1 Å². The third kappa shape index (κ3) is 2.96. The van der Waals surface area contributed by atoms with Crippen LogP contribution in [0.25, 0.3) is 5.82 Å². The van der Waals surface area contributed by atoms with Crippen LogP contribution in [0.4, 0.5) is 0 Å². The minimum atomic E-state index is -0.0906. The molecule has 0 bridgehead atoms. The zero-order valence-electron chi connectivity index (χ0n) is 12.8. The molecule has 1 aliphatic rings. The van der Waals surface area contributed by atoms with E-state index in [2.05, 4.69) is 32.2 Å². The summed E-state index contributed by atoms with van der Waals surface area (Å²) in [5, 5.41) is 12.0. The van der Waals surface area contributed by atoms with Gasteiger partial charge < -0.3 is 9.80 Å². The highest BCUT2D eigenvalue weighted by atomic mass is 16.2. The lowest BCUT2D eigenvalue weighted by Crippen LogP contribution is -2.44. The predicted octanol–water partition coefficient (Wildman–Crippen LogP) is 0.223. The van der Waals surface area contributed by atoms with Gasteiger partial charge in [-0.2, -0.15) is 5.10 Å². The first-order valence-corrected chi connectivity index (χ1v) is 7.29. The zero-order chi connectivity index (χ0) is 15.5. The number of likely N-dealkylation sites (tertiary alicyclic amines) is 1. The number of nitrogens with zero attached hydrogens (tertiary/aromatic N) is 7. The van der Waals surface area contributed by atoms with E-state index in [-0.39, 0.29) is 11.9 Å². The Bertz CT molecular complexity index is 617. The standard InChI is InChI=1S/C14H19N7O/c1-19-7-5-11(6-8-19)20(2)14(22)12-3-4-13(18-17-12)21-10-15-9-16-21/h3-4,9-11H,5-8H2,1-2H3. The highest BCUT2D eigenvalue weighted by molar-refractivity contribution is 5.92. The van der Waals surface area contributed by atoms with E-state index in [1.54, 1.807) is 17.0 Å². The highest BCUT2D eigenvalue weighted by Crippen LogP contribution is 2.16. The molecule has 3 heterocycles. The van der Waals surface area contributed by atoms with E-state index in [4.69, 9.17) is 0 Å². The first-order valence-electron chi connectivity index (χ1n) is 7.29. The van der Waals surface area contributed by atoms with Gasteiger partial charge in [0.2, 0.25) is 0 Å². The Balaban J connectivity index is 1.69. The first kappa shape index (κ1) is 14.6. The Hall–Kier alpha value is -2.35. The fourth-order valence-electron chi connectivity index (χ4n) is 2.62. The quantitative estimate of drug-likeness (QED) is 0.807. The maximum absolute atomic E-state index is 12.5. The van der Waals surface area contributed by atoms with Crippen molar-refractivity contribution in [3.63, 3.8) is 0 Å². The largest absolute Gasteiger partial charge is 0.337 e. The van der Waals surface area contributed by atoms with Crippen molar-refractivity contribution >= 4 is 5.91 Å². The molecular weight excluding hydrogens is 282 g/mol. The molecule has 1 amide bonds. The molecule has 1 saturated heterocycles. The van der Waals surface area contributed by atoms with Gasteiger partial charge in [0.1, 0.15) is 12.7 Å². The second-order valence-corrected chi connectivity index (χ2v) is 5.57. The second-order valence-electron chi connectivity index (χ2n) is 5.57. The van der Waals surface area contributed by atoms with E-state index in [0.29, 0.717) is 11.5 Å². The fourth-order valence-corrected chi connectivity index (χ4v) is 2.62. The molecule has 0 saturated carbocycles. The number of hydrogen-bond donors (Lipinski definition) is 0. The van der Waals surface area contributed by atoms with Crippen molar-refractivity contribution in [2.75, 3.05) is 27.2 Å². The fraction of sp³-hybridized carbons (Fsp3) is 0.500. The van der Waals surface area contributed by atoms with Crippen LogP contribution in [-0.4, -0.2) is 73.9 Å². The molecule has 8 heteroatoms. The predicted molar refractivity (Wildman–Crippen MR) is 79.6 cm³/mol. The van der Waals surface area contributed by atoms with E-state index in [0.717, 1.165) is 25.9 Å². The number of amides is 1. The van der Waals surface area contributed by atoms with Crippen molar-refractivity contribution in [1.82, 2.24) is 34.8 Å². The maximum Gasteiger partial charge on any atom is 0.274 e. The van der Waals surface area contributed by atoms with Crippen LogP contribution >= 0.6 is 0 Å². The number of hydrogen-bond acceptors (Lipinski definition) is 6. The Morgan fingerprint density at radius 2 is 2.05 bits per heavy atom. The topological polar surface area (TPSA) is 80.0 Å². The highest BCUT2D eigenvalue weighted by Gasteiger charge is 2.25. The summed E-state index contributed by atoms with van der Waals surface area (Å²) in [6.45, 7) is 2.03. The van der Waals surface area contributed by atoms with Crippen LogP contribution in [0.3, 0.4) is 0 Å². The summed E-state index contributed by atoms with van der Waals surface area (Å²) in [6.07, 6.45) is 4.94. The maximum atomic E-state index is 12.5. The van der Waals surface area contributed by atoms with Crippen molar-refractivity contribution in [3.8, 4) is 5.82 Å². The molecule has 0 radical (unpaired) electrons. The molecule has 1 aliphatic heterocycles. The van der Waals surface area contributed by atoms with E-state index in [1.807, 2.05) is 7.05 Å². The Morgan fingerprint density at radius 1 is 1.27 bits per heavy atom. The smallest absolute Gasteiger partial charge is 0.274 e. The lowest BCUT2D eigenvalue weighted by Gasteiger charge is -2.34. The van der Waals surface area contributed by atoms with E-state index < -0.39 is 0 Å². The summed E-state index contributed by atoms with van der Waals surface area (Å²) in [5.74, 6) is 0.447. The molecule has 2 aromatic heterocycles. The summed E-state index contributed by atoms with van der Waals surface area (Å²) in [5.41, 5.74) is 0.352. The van der Waals surface area contributed by atoms with Crippen LogP contribution in [0.5, 0.6) is 0 Å². The summed E-state index contributed by atoms with van der Waals surface area (Å²) < 4.78 is 1.50. The second kappa shape index (κ2) is 6.18. The molecule has 22 heavy (non-hydrogen) atoms. The molecule has 8 nitrogen and oxygen atoms in total. The van der Waals surface area contributed by atoms with Crippen LogP contribution < -0.4 is 0 Å². The van der Waals surface area contributed by atoms with Crippen molar-refractivity contribution < 1.29 is 4.79 Å². The molecule has 3 rings (SSSR count). The van der Waals surface area contributed by atoms with Gasteiger partial charge in [0.15, 0.2) is 11.5 Å². The van der Waals surface area contributed by atoms with Crippen LogP contribution in [0, 0.1) is 0 Å². The number of carbonyl (C=O) groups excluding carboxylic acids is 1. The minimum absolute atomic E-state index is 0.0906. The number of aromatic nitrogens is 5. The van der Waals surface area contributed by atoms with Crippen molar-refractivity contribution in [2.24, 2.45) is 0 Å². The van der Waals surface area contributed by atoms with Crippen LogP contribution in [0.2, 0.25) is 0 Å². The minimum Gasteiger partial charge on any atom is -0.337 e. The van der Waals surface area contributed by atoms with Crippen LogP contribution in [0.15, 0.2) is 24.8 Å². The third-order valence-corrected chi connectivity index (χ3v) is 4.08. The van der Waals surface area contributed by atoms with E-state index in [9.17, 15) is 4.79 Å². The first-order chi connectivity index (χ1) is 10.6. The molecule has 0 N–H and O–H groups in total. The third-order valence-electron chi connectivity index (χ3n) is 4.08. The van der Waals surface area contributed by atoms with Crippen LogP contribution in [-0.2, 0) is 0 Å². The van der Waals surface area contributed by atoms with Crippen LogP contribution in [0.1, 0.15) is 23.3 Å². The van der Waals surface area contributed by atoms with Gasteiger partial charge in [0.25, 0.3) is 5.91 Å². The monoisotopic (exact) mass is 301 g/mol. The van der Waals surface area contributed by atoms with Crippen molar-refractivity contribution in [1.29, 1.82) is 0 Å². The lowest BCUT2D eigenvalue weighted by molar-refractivity contribution is 0.0652.